The minimum atomic E-state index is -0.0833. The zero-order valence-corrected chi connectivity index (χ0v) is 18.3. The van der Waals surface area contributed by atoms with E-state index in [0.29, 0.717) is 22.9 Å². The van der Waals surface area contributed by atoms with Gasteiger partial charge in [-0.25, -0.2) is 0 Å². The highest BCUT2D eigenvalue weighted by molar-refractivity contribution is 7.99. The number of thioether (sulfide) groups is 1. The quantitative estimate of drug-likeness (QED) is 0.483. The first-order valence-corrected chi connectivity index (χ1v) is 10.8. The average molecular weight is 410 g/mol. The van der Waals surface area contributed by atoms with Gasteiger partial charge in [0.25, 0.3) is 5.22 Å². The van der Waals surface area contributed by atoms with Crippen LogP contribution in [0.2, 0.25) is 0 Å². The lowest BCUT2D eigenvalue weighted by atomic mass is 9.92. The second-order valence-corrected chi connectivity index (χ2v) is 8.62. The van der Waals surface area contributed by atoms with Gasteiger partial charge in [-0.2, -0.15) is 0 Å². The predicted octanol–water partition coefficient (Wildman–Crippen LogP) is 6.02. The number of para-hydroxylation sites is 1. The first kappa shape index (κ1) is 21.1. The largest absolute Gasteiger partial charge is 0.411 e. The topological polar surface area (TPSA) is 68.0 Å². The number of nitrogens with one attached hydrogen (secondary N) is 1. The SMILES string of the molecule is Cc1ccc(-c2nnc(SCC(=O)Nc3c(C(C)C)cccc3C(C)C)o2)cc1. The second-order valence-electron chi connectivity index (χ2n) is 7.70. The van der Waals surface area contributed by atoms with E-state index in [1.807, 2.05) is 31.2 Å². The summed E-state index contributed by atoms with van der Waals surface area (Å²) in [6, 6.07) is 14.1. The van der Waals surface area contributed by atoms with Gasteiger partial charge in [-0.1, -0.05) is 75.4 Å². The van der Waals surface area contributed by atoms with E-state index in [4.69, 9.17) is 4.42 Å². The summed E-state index contributed by atoms with van der Waals surface area (Å²) in [4.78, 5) is 12.6. The third-order valence-corrected chi connectivity index (χ3v) is 5.49. The minimum absolute atomic E-state index is 0.0833. The van der Waals surface area contributed by atoms with Crippen LogP contribution in [0.4, 0.5) is 5.69 Å². The molecule has 29 heavy (non-hydrogen) atoms. The molecule has 0 spiro atoms. The molecule has 0 aliphatic carbocycles. The highest BCUT2D eigenvalue weighted by Gasteiger charge is 2.17. The number of hydrogen-bond acceptors (Lipinski definition) is 5. The maximum absolute atomic E-state index is 12.6. The van der Waals surface area contributed by atoms with Crippen molar-refractivity contribution in [3.8, 4) is 11.5 Å². The molecule has 0 radical (unpaired) electrons. The lowest BCUT2D eigenvalue weighted by Gasteiger charge is -2.20. The zero-order chi connectivity index (χ0) is 21.0. The van der Waals surface area contributed by atoms with Crippen molar-refractivity contribution in [3.05, 3.63) is 59.2 Å². The van der Waals surface area contributed by atoms with E-state index in [1.165, 1.54) is 17.3 Å². The van der Waals surface area contributed by atoms with Crippen LogP contribution in [0, 0.1) is 6.92 Å². The summed E-state index contributed by atoms with van der Waals surface area (Å²) in [7, 11) is 0. The number of carbonyl (C=O) groups is 1. The van der Waals surface area contributed by atoms with Crippen LogP contribution in [0.3, 0.4) is 0 Å². The Hall–Kier alpha value is -2.60. The number of nitrogens with zero attached hydrogens (tertiary/aromatic N) is 2. The fourth-order valence-electron chi connectivity index (χ4n) is 3.08. The van der Waals surface area contributed by atoms with Gasteiger partial charge in [0, 0.05) is 11.3 Å². The van der Waals surface area contributed by atoms with E-state index in [9.17, 15) is 4.79 Å². The number of hydrogen-bond donors (Lipinski definition) is 1. The number of benzene rings is 2. The van der Waals surface area contributed by atoms with Crippen molar-refractivity contribution in [3.63, 3.8) is 0 Å². The maximum Gasteiger partial charge on any atom is 0.277 e. The van der Waals surface area contributed by atoms with Gasteiger partial charge >= 0.3 is 0 Å². The summed E-state index contributed by atoms with van der Waals surface area (Å²) in [6.45, 7) is 10.6. The molecule has 1 N–H and O–H groups in total. The number of rotatable bonds is 7. The number of carbonyl (C=O) groups excluding carboxylic acids is 1. The summed E-state index contributed by atoms with van der Waals surface area (Å²) in [5, 5.41) is 11.6. The van der Waals surface area contributed by atoms with Crippen molar-refractivity contribution >= 4 is 23.4 Å². The molecule has 0 aliphatic heterocycles. The first-order valence-electron chi connectivity index (χ1n) is 9.81. The fraction of sp³-hybridized carbons (Fsp3) is 0.348. The molecule has 3 rings (SSSR count). The van der Waals surface area contributed by atoms with Gasteiger partial charge in [0.15, 0.2) is 0 Å². The Morgan fingerprint density at radius 3 is 2.21 bits per heavy atom. The van der Waals surface area contributed by atoms with Crippen LogP contribution in [0.25, 0.3) is 11.5 Å². The second kappa shape index (κ2) is 9.27. The van der Waals surface area contributed by atoms with Gasteiger partial charge < -0.3 is 9.73 Å². The molecule has 152 valence electrons. The van der Waals surface area contributed by atoms with Crippen molar-refractivity contribution in [1.29, 1.82) is 0 Å². The predicted molar refractivity (Wildman–Crippen MR) is 118 cm³/mol. The smallest absolute Gasteiger partial charge is 0.277 e. The summed E-state index contributed by atoms with van der Waals surface area (Å²) in [6.07, 6.45) is 0. The molecule has 6 heteroatoms. The lowest BCUT2D eigenvalue weighted by molar-refractivity contribution is -0.113. The van der Waals surface area contributed by atoms with E-state index >= 15 is 0 Å². The molecule has 0 saturated heterocycles. The molecule has 3 aromatic rings. The van der Waals surface area contributed by atoms with Gasteiger partial charge in [0.05, 0.1) is 5.75 Å². The third kappa shape index (κ3) is 5.26. The monoisotopic (exact) mass is 409 g/mol. The molecule has 5 nitrogen and oxygen atoms in total. The summed E-state index contributed by atoms with van der Waals surface area (Å²) in [5.74, 6) is 1.23. The molecule has 1 aromatic heterocycles. The minimum Gasteiger partial charge on any atom is -0.411 e. The summed E-state index contributed by atoms with van der Waals surface area (Å²) in [5.41, 5.74) is 5.26. The average Bonchev–Trinajstić information content (AvgIpc) is 3.15. The Morgan fingerprint density at radius 1 is 1.00 bits per heavy atom. The molecule has 2 aromatic carbocycles. The normalized spacial score (nSPS) is 11.3. The molecular weight excluding hydrogens is 382 g/mol. The Bertz CT molecular complexity index is 952. The van der Waals surface area contributed by atoms with Crippen LogP contribution >= 0.6 is 11.8 Å². The van der Waals surface area contributed by atoms with E-state index in [1.54, 1.807) is 0 Å². The number of aromatic nitrogens is 2. The van der Waals surface area contributed by atoms with E-state index in [0.717, 1.165) is 22.4 Å². The van der Waals surface area contributed by atoms with E-state index in [2.05, 4.69) is 61.4 Å². The van der Waals surface area contributed by atoms with Crippen LogP contribution in [0.1, 0.15) is 56.2 Å². The molecule has 0 unspecified atom stereocenters. The molecule has 0 bridgehead atoms. The molecule has 1 heterocycles. The van der Waals surface area contributed by atoms with Crippen LogP contribution in [-0.4, -0.2) is 21.9 Å². The van der Waals surface area contributed by atoms with Gasteiger partial charge in [0.1, 0.15) is 0 Å². The van der Waals surface area contributed by atoms with Crippen molar-refractivity contribution < 1.29 is 9.21 Å². The van der Waals surface area contributed by atoms with Crippen molar-refractivity contribution in [1.82, 2.24) is 10.2 Å². The highest BCUT2D eigenvalue weighted by Crippen LogP contribution is 2.32. The summed E-state index contributed by atoms with van der Waals surface area (Å²) >= 11 is 1.24. The first-order chi connectivity index (χ1) is 13.8. The van der Waals surface area contributed by atoms with Crippen LogP contribution in [0.5, 0.6) is 0 Å². The Balaban J connectivity index is 1.67. The molecule has 0 saturated carbocycles. The van der Waals surface area contributed by atoms with Gasteiger partial charge in [-0.15, -0.1) is 10.2 Å². The highest BCUT2D eigenvalue weighted by atomic mass is 32.2. The van der Waals surface area contributed by atoms with Crippen LogP contribution in [0.15, 0.2) is 52.1 Å². The Morgan fingerprint density at radius 2 is 1.62 bits per heavy atom. The van der Waals surface area contributed by atoms with Crippen molar-refractivity contribution in [2.75, 3.05) is 11.1 Å². The molecular formula is C23H27N3O2S. The third-order valence-electron chi connectivity index (χ3n) is 4.67. The van der Waals surface area contributed by atoms with Crippen molar-refractivity contribution in [2.24, 2.45) is 0 Å². The molecule has 0 fully saturated rings. The number of aryl methyl sites for hydroxylation is 1. The van der Waals surface area contributed by atoms with Crippen LogP contribution < -0.4 is 5.32 Å². The lowest BCUT2D eigenvalue weighted by Crippen LogP contribution is -2.17. The summed E-state index contributed by atoms with van der Waals surface area (Å²) < 4.78 is 5.69. The molecule has 1 amide bonds. The van der Waals surface area contributed by atoms with Crippen LogP contribution in [-0.2, 0) is 4.79 Å². The maximum atomic E-state index is 12.6. The standard InChI is InChI=1S/C23H27N3O2S/c1-14(2)18-7-6-8-19(15(3)4)21(18)24-20(27)13-29-23-26-25-22(28-23)17-11-9-16(5)10-12-17/h6-12,14-15H,13H2,1-5H3,(H,24,27). The van der Waals surface area contributed by atoms with E-state index in [-0.39, 0.29) is 11.7 Å². The van der Waals surface area contributed by atoms with Gasteiger partial charge in [-0.05, 0) is 42.0 Å². The molecule has 0 aliphatic rings. The number of anilines is 1. The Labute approximate surface area is 176 Å². The fourth-order valence-corrected chi connectivity index (χ4v) is 3.64. The van der Waals surface area contributed by atoms with E-state index < -0.39 is 0 Å². The van der Waals surface area contributed by atoms with Gasteiger partial charge in [0.2, 0.25) is 11.8 Å². The molecule has 0 atom stereocenters. The number of amides is 1. The Kier molecular flexibility index (Phi) is 6.75. The van der Waals surface area contributed by atoms with Crippen molar-refractivity contribution in [2.45, 2.75) is 51.7 Å². The van der Waals surface area contributed by atoms with Gasteiger partial charge in [-0.3, -0.25) is 4.79 Å². The zero-order valence-electron chi connectivity index (χ0n) is 17.5.